The molecule has 1 amide bonds. The summed E-state index contributed by atoms with van der Waals surface area (Å²) < 4.78 is 130. The molecule has 0 aliphatic heterocycles. The predicted octanol–water partition coefficient (Wildman–Crippen LogP) is 7.43. The summed E-state index contributed by atoms with van der Waals surface area (Å²) in [6.07, 6.45) is -9.57. The predicted molar refractivity (Wildman–Crippen MR) is 126 cm³/mol. The molecule has 0 aromatic heterocycles. The molecule has 0 bridgehead atoms. The van der Waals surface area contributed by atoms with Gasteiger partial charge in [-0.3, -0.25) is 4.79 Å². The molecule has 4 nitrogen and oxygen atoms in total. The van der Waals surface area contributed by atoms with Crippen LogP contribution in [0.15, 0.2) is 60.7 Å². The Hall–Kier alpha value is -3.64. The Bertz CT molecular complexity index is 1260. The van der Waals surface area contributed by atoms with Crippen molar-refractivity contribution in [2.45, 2.75) is 49.9 Å². The molecule has 2 atom stereocenters. The number of carbonyl (C=O) groups is 1. The van der Waals surface area contributed by atoms with Gasteiger partial charge in [0, 0.05) is 12.5 Å². The average molecular weight is 581 g/mol. The molecule has 1 aliphatic rings. The van der Waals surface area contributed by atoms with Crippen LogP contribution in [0.1, 0.15) is 36.8 Å². The second-order valence-electron chi connectivity index (χ2n) is 9.07. The fourth-order valence-electron chi connectivity index (χ4n) is 4.32. The van der Waals surface area contributed by atoms with Crippen LogP contribution >= 0.6 is 0 Å². The zero-order valence-electron chi connectivity index (χ0n) is 20.9. The maximum atomic E-state index is 14.8. The molecule has 0 radical (unpaired) electrons. The van der Waals surface area contributed by atoms with Crippen molar-refractivity contribution in [3.05, 3.63) is 83.5 Å². The summed E-state index contributed by atoms with van der Waals surface area (Å²) in [4.78, 5) is 12.9. The van der Waals surface area contributed by atoms with Crippen LogP contribution < -0.4 is 14.8 Å². The van der Waals surface area contributed by atoms with Crippen molar-refractivity contribution in [3.8, 4) is 11.5 Å². The first-order valence-corrected chi connectivity index (χ1v) is 11.9. The van der Waals surface area contributed by atoms with Gasteiger partial charge in [-0.1, -0.05) is 30.4 Å². The third-order valence-corrected chi connectivity index (χ3v) is 6.14. The van der Waals surface area contributed by atoms with Crippen LogP contribution in [0, 0.1) is 17.6 Å². The van der Waals surface area contributed by atoms with Crippen LogP contribution in [-0.2, 0) is 10.3 Å². The normalized spacial score (nSPS) is 17.0. The molecule has 13 heteroatoms. The van der Waals surface area contributed by atoms with Crippen LogP contribution in [0.3, 0.4) is 0 Å². The van der Waals surface area contributed by atoms with Crippen LogP contribution in [-0.4, -0.2) is 31.7 Å². The molecule has 0 heterocycles. The molecule has 1 N–H and O–H groups in total. The van der Waals surface area contributed by atoms with Gasteiger partial charge in [0.05, 0.1) is 19.1 Å². The quantitative estimate of drug-likeness (QED) is 0.281. The summed E-state index contributed by atoms with van der Waals surface area (Å²) >= 11 is 0. The van der Waals surface area contributed by atoms with Crippen molar-refractivity contribution < 1.29 is 53.8 Å². The lowest BCUT2D eigenvalue weighted by Gasteiger charge is -2.39. The van der Waals surface area contributed by atoms with Crippen molar-refractivity contribution in [3.63, 3.8) is 0 Å². The molecule has 0 fully saturated rings. The van der Waals surface area contributed by atoms with Crippen LogP contribution in [0.4, 0.5) is 39.5 Å². The molecule has 3 rings (SSSR count). The second kappa shape index (κ2) is 12.3. The minimum atomic E-state index is -5.01. The molecule has 1 aliphatic carbocycles. The fourth-order valence-corrected chi connectivity index (χ4v) is 4.32. The Balaban J connectivity index is 2.24. The Labute approximate surface area is 223 Å². The van der Waals surface area contributed by atoms with Crippen LogP contribution in [0.5, 0.6) is 11.5 Å². The molecule has 2 aromatic rings. The van der Waals surface area contributed by atoms with E-state index >= 15 is 0 Å². The van der Waals surface area contributed by atoms with Crippen LogP contribution in [0.25, 0.3) is 0 Å². The van der Waals surface area contributed by atoms with Gasteiger partial charge in [0.1, 0.15) is 11.6 Å². The molecular weight excluding hydrogens is 557 g/mol. The van der Waals surface area contributed by atoms with Gasteiger partial charge >= 0.3 is 18.7 Å². The Morgan fingerprint density at radius 3 is 2.35 bits per heavy atom. The van der Waals surface area contributed by atoms with Crippen molar-refractivity contribution in [1.82, 2.24) is 5.32 Å². The van der Waals surface area contributed by atoms with E-state index in [4.69, 9.17) is 4.74 Å². The van der Waals surface area contributed by atoms with Gasteiger partial charge in [0.2, 0.25) is 5.91 Å². The number of carbonyl (C=O) groups excluding carboxylic acids is 1. The summed E-state index contributed by atoms with van der Waals surface area (Å²) in [7, 11) is 1.13. The largest absolute Gasteiger partial charge is 0.494 e. The minimum absolute atomic E-state index is 0.00812. The number of rotatable bonds is 11. The number of methoxy groups -OCH3 is 1. The van der Waals surface area contributed by atoms with Gasteiger partial charge in [0.15, 0.2) is 11.6 Å². The third-order valence-electron chi connectivity index (χ3n) is 6.14. The summed E-state index contributed by atoms with van der Waals surface area (Å²) in [5.74, 6) is -5.06. The average Bonchev–Trinajstić information content (AvgIpc) is 2.87. The Kier molecular flexibility index (Phi) is 9.47. The van der Waals surface area contributed by atoms with E-state index < -0.39 is 66.3 Å². The highest BCUT2D eigenvalue weighted by Gasteiger charge is 2.45. The highest BCUT2D eigenvalue weighted by Crippen LogP contribution is 2.42. The number of nitrogens with one attached hydrogen (secondary N) is 1. The molecule has 0 saturated heterocycles. The number of alkyl halides is 7. The van der Waals surface area contributed by atoms with Gasteiger partial charge in [-0.15, -0.1) is 0 Å². The molecule has 0 spiro atoms. The van der Waals surface area contributed by atoms with Gasteiger partial charge in [-0.25, -0.2) is 8.78 Å². The van der Waals surface area contributed by atoms with Crippen molar-refractivity contribution in [2.24, 2.45) is 5.92 Å². The maximum Gasteiger partial charge on any atom is 0.461 e. The van der Waals surface area contributed by atoms with Gasteiger partial charge in [-0.2, -0.15) is 30.7 Å². The summed E-state index contributed by atoms with van der Waals surface area (Å²) in [5.41, 5.74) is -2.32. The molecule has 2 aromatic carbocycles. The summed E-state index contributed by atoms with van der Waals surface area (Å²) in [6, 6.07) is 5.16. The first-order valence-electron chi connectivity index (χ1n) is 11.9. The number of halogens is 9. The van der Waals surface area contributed by atoms with E-state index in [-0.39, 0.29) is 23.3 Å². The topological polar surface area (TPSA) is 47.6 Å². The van der Waals surface area contributed by atoms with E-state index in [1.165, 1.54) is 0 Å². The van der Waals surface area contributed by atoms with Gasteiger partial charge < -0.3 is 14.8 Å². The SMILES string of the molecule is COc1cc([C@@](CC2C=CC=CC2)(NC(=O)CCC(F)(F)F)c2cc(F)cc(OC(F)(F)C(F)F)c2)ccc1F. The number of hydrogen-bond donors (Lipinski definition) is 1. The second-order valence-corrected chi connectivity index (χ2v) is 9.07. The lowest BCUT2D eigenvalue weighted by Crippen LogP contribution is -2.48. The maximum absolute atomic E-state index is 14.8. The fraction of sp³-hybridized carbons (Fsp3) is 0.370. The van der Waals surface area contributed by atoms with E-state index in [9.17, 15) is 44.3 Å². The molecule has 40 heavy (non-hydrogen) atoms. The highest BCUT2D eigenvalue weighted by atomic mass is 19.4. The first-order chi connectivity index (χ1) is 18.6. The van der Waals surface area contributed by atoms with E-state index in [1.54, 1.807) is 24.3 Å². The van der Waals surface area contributed by atoms with Crippen LogP contribution in [0.2, 0.25) is 0 Å². The molecule has 218 valence electrons. The van der Waals surface area contributed by atoms with E-state index in [2.05, 4.69) is 10.1 Å². The van der Waals surface area contributed by atoms with Gasteiger partial charge in [-0.05, 0) is 54.2 Å². The molecule has 1 unspecified atom stereocenters. The first kappa shape index (κ1) is 30.9. The molecule has 0 saturated carbocycles. The monoisotopic (exact) mass is 581 g/mol. The zero-order chi connectivity index (χ0) is 29.7. The lowest BCUT2D eigenvalue weighted by atomic mass is 9.74. The van der Waals surface area contributed by atoms with Crippen molar-refractivity contribution in [1.29, 1.82) is 0 Å². The van der Waals surface area contributed by atoms with Crippen molar-refractivity contribution >= 4 is 5.91 Å². The molecular formula is C27H24F9NO3. The third kappa shape index (κ3) is 7.72. The lowest BCUT2D eigenvalue weighted by molar-refractivity contribution is -0.253. The number of hydrogen-bond acceptors (Lipinski definition) is 3. The summed E-state index contributed by atoms with van der Waals surface area (Å²) in [6.45, 7) is 0. The van der Waals surface area contributed by atoms with Gasteiger partial charge in [0.25, 0.3) is 0 Å². The number of ether oxygens (including phenoxy) is 2. The number of benzene rings is 2. The van der Waals surface area contributed by atoms with E-state index in [0.717, 1.165) is 37.4 Å². The Morgan fingerprint density at radius 2 is 1.75 bits per heavy atom. The highest BCUT2D eigenvalue weighted by molar-refractivity contribution is 5.78. The number of allylic oxidation sites excluding steroid dienone is 4. The van der Waals surface area contributed by atoms with E-state index in [1.807, 2.05) is 0 Å². The zero-order valence-corrected chi connectivity index (χ0v) is 20.9. The Morgan fingerprint density at radius 1 is 1.02 bits per heavy atom. The van der Waals surface area contributed by atoms with E-state index in [0.29, 0.717) is 12.5 Å². The van der Waals surface area contributed by atoms with Crippen molar-refractivity contribution in [2.75, 3.05) is 7.11 Å². The smallest absolute Gasteiger partial charge is 0.461 e. The minimum Gasteiger partial charge on any atom is -0.494 e. The summed E-state index contributed by atoms with van der Waals surface area (Å²) in [5, 5.41) is 2.46. The standard InChI is InChI=1S/C27H24F9NO3/c1-39-22-13-17(7-8-21(22)29)25(15-16-5-3-2-4-6-16,37-23(38)9-10-26(32,33)34)18-11-19(28)14-20(12-18)40-27(35,36)24(30)31/h2-5,7-8,11-14,16,24H,6,9-10,15H2,1H3,(H,37,38)/t16?,25-/m1/s1. The number of amides is 1.